The van der Waals surface area contributed by atoms with E-state index < -0.39 is 15.2 Å². The molecule has 1 atom stereocenters. The zero-order valence-electron chi connectivity index (χ0n) is 15.5. The molecule has 2 rings (SSSR count). The summed E-state index contributed by atoms with van der Waals surface area (Å²) in [6.07, 6.45) is 0.995. The van der Waals surface area contributed by atoms with Gasteiger partial charge in [0.2, 0.25) is 5.75 Å². The average Bonchev–Trinajstić information content (AvgIpc) is 2.69. The number of benzene rings is 2. The zero-order valence-corrected chi connectivity index (χ0v) is 18.4. The number of rotatable bonds is 8. The van der Waals surface area contributed by atoms with Crippen molar-refractivity contribution in [2.24, 2.45) is 5.10 Å². The van der Waals surface area contributed by atoms with E-state index in [1.54, 1.807) is 22.6 Å². The molecule has 0 aliphatic carbocycles. The van der Waals surface area contributed by atoms with E-state index in [0.29, 0.717) is 0 Å². The second-order valence-corrected chi connectivity index (χ2v) is 8.18. The van der Waals surface area contributed by atoms with Crippen LogP contribution in [0.25, 0.3) is 0 Å². The van der Waals surface area contributed by atoms with Gasteiger partial charge >= 0.3 is 0 Å². The summed E-state index contributed by atoms with van der Waals surface area (Å²) < 4.78 is 41.0. The second kappa shape index (κ2) is 9.45. The van der Waals surface area contributed by atoms with E-state index in [1.165, 1.54) is 39.5 Å². The first kappa shape index (κ1) is 23.0. The SMILES string of the molecule is COc1ccc(S(=O)(=O)N/N=C\c2cc([NH+]([O-])O)cc(I)c2O)c(OC)c1OC. The van der Waals surface area contributed by atoms with Crippen LogP contribution in [-0.4, -0.2) is 46.3 Å². The standard InChI is InChI=1S/C16H18IN3O8S/c1-26-12-4-5-13(16(28-3)15(12)27-2)29(24,25)19-18-8-9-6-10(20(22)23)7-11(17)14(9)21/h4-8,19-22H,1-3H3/b18-8-. The maximum Gasteiger partial charge on any atom is 0.280 e. The Kier molecular flexibility index (Phi) is 7.48. The summed E-state index contributed by atoms with van der Waals surface area (Å²) in [5, 5.41) is 32.7. The lowest BCUT2D eigenvalue weighted by molar-refractivity contribution is -0.991. The molecule has 0 bridgehead atoms. The van der Waals surface area contributed by atoms with Gasteiger partial charge in [-0.25, -0.2) is 5.21 Å². The lowest BCUT2D eigenvalue weighted by Crippen LogP contribution is -2.99. The summed E-state index contributed by atoms with van der Waals surface area (Å²) in [5.74, 6) is 0.0436. The van der Waals surface area contributed by atoms with Crippen LogP contribution >= 0.6 is 22.6 Å². The quantitative estimate of drug-likeness (QED) is 0.166. The number of sulfonamides is 1. The smallest absolute Gasteiger partial charge is 0.280 e. The Morgan fingerprint density at radius 1 is 1.17 bits per heavy atom. The number of hydrazone groups is 1. The van der Waals surface area contributed by atoms with Gasteiger partial charge in [-0.15, -0.1) is 0 Å². The summed E-state index contributed by atoms with van der Waals surface area (Å²) in [5.41, 5.74) is -0.0608. The van der Waals surface area contributed by atoms with Gasteiger partial charge in [0.05, 0.1) is 31.1 Å². The largest absolute Gasteiger partial charge is 0.595 e. The first-order valence-corrected chi connectivity index (χ1v) is 10.3. The molecule has 1 unspecified atom stereocenters. The van der Waals surface area contributed by atoms with Crippen LogP contribution in [0.4, 0.5) is 5.69 Å². The summed E-state index contributed by atoms with van der Waals surface area (Å²) in [4.78, 5) is 1.73. The fourth-order valence-corrected chi connectivity index (χ4v) is 3.95. The number of aromatic hydroxyl groups is 1. The van der Waals surface area contributed by atoms with Gasteiger partial charge in [0.1, 0.15) is 10.6 Å². The van der Waals surface area contributed by atoms with Crippen molar-refractivity contribution in [3.63, 3.8) is 0 Å². The third kappa shape index (κ3) is 4.99. The Hall–Kier alpha value is -2.33. The van der Waals surface area contributed by atoms with Crippen LogP contribution in [0.1, 0.15) is 5.56 Å². The van der Waals surface area contributed by atoms with Crippen molar-refractivity contribution in [2.75, 3.05) is 21.3 Å². The van der Waals surface area contributed by atoms with Gasteiger partial charge in [-0.05, 0) is 34.7 Å². The molecule has 0 spiro atoms. The molecule has 0 radical (unpaired) electrons. The minimum Gasteiger partial charge on any atom is -0.595 e. The molecular weight excluding hydrogens is 521 g/mol. The predicted octanol–water partition coefficient (Wildman–Crippen LogP) is 0.738. The highest BCUT2D eigenvalue weighted by Gasteiger charge is 2.25. The molecule has 13 heteroatoms. The van der Waals surface area contributed by atoms with E-state index in [-0.39, 0.29) is 42.7 Å². The van der Waals surface area contributed by atoms with Gasteiger partial charge < -0.3 is 24.5 Å². The van der Waals surface area contributed by atoms with Crippen LogP contribution in [-0.2, 0) is 10.0 Å². The van der Waals surface area contributed by atoms with Crippen molar-refractivity contribution in [3.05, 3.63) is 38.6 Å². The molecular formula is C16H18IN3O8S. The van der Waals surface area contributed by atoms with Crippen molar-refractivity contribution in [2.45, 2.75) is 4.90 Å². The van der Waals surface area contributed by atoms with E-state index >= 15 is 0 Å². The number of phenols is 1. The predicted molar refractivity (Wildman–Crippen MR) is 111 cm³/mol. The monoisotopic (exact) mass is 539 g/mol. The van der Waals surface area contributed by atoms with Crippen molar-refractivity contribution < 1.29 is 38.2 Å². The second-order valence-electron chi connectivity index (χ2n) is 5.39. The van der Waals surface area contributed by atoms with E-state index in [9.17, 15) is 18.7 Å². The first-order chi connectivity index (χ1) is 13.7. The van der Waals surface area contributed by atoms with Crippen LogP contribution in [0.5, 0.6) is 23.0 Å². The number of methoxy groups -OCH3 is 3. The van der Waals surface area contributed by atoms with Crippen molar-refractivity contribution >= 4 is 44.5 Å². The van der Waals surface area contributed by atoms with Gasteiger partial charge in [0, 0.05) is 17.7 Å². The topological polar surface area (TPSA) is 154 Å². The Morgan fingerprint density at radius 3 is 2.38 bits per heavy atom. The summed E-state index contributed by atoms with van der Waals surface area (Å²) >= 11 is 1.75. The van der Waals surface area contributed by atoms with E-state index in [0.717, 1.165) is 12.3 Å². The Balaban J connectivity index is 2.39. The molecule has 0 aliphatic heterocycles. The number of nitrogens with zero attached hydrogens (tertiary/aromatic N) is 1. The van der Waals surface area contributed by atoms with Gasteiger partial charge in [-0.3, -0.25) is 0 Å². The number of phenolic OH excluding ortho intramolecular Hbond substituents is 1. The fourth-order valence-electron chi connectivity index (χ4n) is 2.34. The maximum atomic E-state index is 12.6. The Bertz CT molecular complexity index is 1030. The van der Waals surface area contributed by atoms with Crippen LogP contribution in [0.2, 0.25) is 0 Å². The highest BCUT2D eigenvalue weighted by molar-refractivity contribution is 14.1. The maximum absolute atomic E-state index is 12.6. The van der Waals surface area contributed by atoms with Crippen molar-refractivity contribution in [3.8, 4) is 23.0 Å². The fraction of sp³-hybridized carbons (Fsp3) is 0.188. The Morgan fingerprint density at radius 2 is 1.83 bits per heavy atom. The molecule has 2 aromatic carbocycles. The number of nitrogens with one attached hydrogen (secondary N) is 2. The van der Waals surface area contributed by atoms with E-state index in [1.807, 2.05) is 4.83 Å². The molecule has 0 aromatic heterocycles. The number of ether oxygens (including phenoxy) is 3. The van der Waals surface area contributed by atoms with Crippen LogP contribution in [0, 0.1) is 8.78 Å². The molecule has 2 aromatic rings. The van der Waals surface area contributed by atoms with Gasteiger partial charge in [0.15, 0.2) is 17.2 Å². The number of halogens is 1. The lowest BCUT2D eigenvalue weighted by atomic mass is 10.2. The van der Waals surface area contributed by atoms with Gasteiger partial charge in [-0.1, -0.05) is 0 Å². The molecule has 158 valence electrons. The highest BCUT2D eigenvalue weighted by Crippen LogP contribution is 2.41. The van der Waals surface area contributed by atoms with Crippen LogP contribution in [0.15, 0.2) is 34.3 Å². The van der Waals surface area contributed by atoms with E-state index in [4.69, 9.17) is 19.4 Å². The molecule has 0 aliphatic rings. The molecule has 0 fully saturated rings. The van der Waals surface area contributed by atoms with Crippen molar-refractivity contribution in [1.29, 1.82) is 0 Å². The Labute approximate surface area is 180 Å². The molecule has 29 heavy (non-hydrogen) atoms. The van der Waals surface area contributed by atoms with Crippen LogP contribution < -0.4 is 24.3 Å². The summed E-state index contributed by atoms with van der Waals surface area (Å²) in [6, 6.07) is 5.08. The minimum atomic E-state index is -4.19. The van der Waals surface area contributed by atoms with Crippen molar-refractivity contribution in [1.82, 2.24) is 4.83 Å². The number of hydrogen-bond donors (Lipinski definition) is 4. The minimum absolute atomic E-state index is 0.0243. The number of quaternary nitrogens is 1. The first-order valence-electron chi connectivity index (χ1n) is 7.75. The summed E-state index contributed by atoms with van der Waals surface area (Å²) in [6.45, 7) is 0. The summed E-state index contributed by atoms with van der Waals surface area (Å²) in [7, 11) is -0.182. The lowest BCUT2D eigenvalue weighted by Gasteiger charge is -2.15. The molecule has 11 nitrogen and oxygen atoms in total. The third-order valence-corrected chi connectivity index (χ3v) is 5.74. The molecule has 0 saturated heterocycles. The normalized spacial score (nSPS) is 12.6. The number of hydrogen-bond acceptors (Lipinski definition) is 9. The van der Waals surface area contributed by atoms with Gasteiger partial charge in [0.25, 0.3) is 10.0 Å². The molecule has 0 saturated carbocycles. The highest BCUT2D eigenvalue weighted by atomic mass is 127. The van der Waals surface area contributed by atoms with Gasteiger partial charge in [-0.2, -0.15) is 23.6 Å². The average molecular weight is 539 g/mol. The van der Waals surface area contributed by atoms with E-state index in [2.05, 4.69) is 5.10 Å². The third-order valence-electron chi connectivity index (χ3n) is 3.67. The zero-order chi connectivity index (χ0) is 21.8. The molecule has 0 amide bonds. The van der Waals surface area contributed by atoms with Crippen LogP contribution in [0.3, 0.4) is 0 Å². The molecule has 4 N–H and O–H groups in total. The molecule has 0 heterocycles.